The lowest BCUT2D eigenvalue weighted by molar-refractivity contribution is 0.821. The van der Waals surface area contributed by atoms with E-state index < -0.39 is 0 Å². The smallest absolute Gasteiger partial charge is 0.103 e. The van der Waals surface area contributed by atoms with E-state index >= 15 is 0 Å². The van der Waals surface area contributed by atoms with Crippen molar-refractivity contribution in [3.63, 3.8) is 0 Å². The molecule has 1 aromatic heterocycles. The molecule has 0 radical (unpaired) electrons. The highest BCUT2D eigenvalue weighted by Crippen LogP contribution is 2.22. The third-order valence-corrected chi connectivity index (χ3v) is 3.05. The van der Waals surface area contributed by atoms with Gasteiger partial charge in [0.2, 0.25) is 0 Å². The molecule has 3 nitrogen and oxygen atoms in total. The van der Waals surface area contributed by atoms with Gasteiger partial charge >= 0.3 is 0 Å². The molecule has 1 heterocycles. The van der Waals surface area contributed by atoms with Crippen molar-refractivity contribution in [2.24, 2.45) is 0 Å². The number of rotatable bonds is 1. The summed E-state index contributed by atoms with van der Waals surface area (Å²) < 4.78 is 1.87. The van der Waals surface area contributed by atoms with Gasteiger partial charge in [0.1, 0.15) is 6.07 Å². The Morgan fingerprint density at radius 1 is 1.12 bits per heavy atom. The normalized spacial score (nSPS) is 10.3. The van der Waals surface area contributed by atoms with Crippen LogP contribution in [0.15, 0.2) is 18.2 Å². The first-order valence-electron chi connectivity index (χ1n) is 5.59. The van der Waals surface area contributed by atoms with Crippen molar-refractivity contribution >= 4 is 0 Å². The van der Waals surface area contributed by atoms with Crippen LogP contribution in [0.2, 0.25) is 0 Å². The molecule has 0 atom stereocenters. The Hall–Kier alpha value is -2.08. The summed E-state index contributed by atoms with van der Waals surface area (Å²) in [7, 11) is 0. The fraction of sp³-hybridized carbons (Fsp3) is 0.286. The molecule has 0 aliphatic carbocycles. The zero-order chi connectivity index (χ0) is 12.6. The van der Waals surface area contributed by atoms with Gasteiger partial charge in [0.15, 0.2) is 0 Å². The molecule has 17 heavy (non-hydrogen) atoms. The van der Waals surface area contributed by atoms with Gasteiger partial charge in [0.25, 0.3) is 0 Å². The summed E-state index contributed by atoms with van der Waals surface area (Å²) in [6.45, 7) is 7.93. The van der Waals surface area contributed by atoms with Crippen LogP contribution in [-0.2, 0) is 0 Å². The van der Waals surface area contributed by atoms with E-state index in [-0.39, 0.29) is 0 Å². The van der Waals surface area contributed by atoms with Crippen LogP contribution < -0.4 is 0 Å². The zero-order valence-electron chi connectivity index (χ0n) is 10.6. The number of benzene rings is 1. The van der Waals surface area contributed by atoms with E-state index in [2.05, 4.69) is 37.1 Å². The molecule has 0 saturated carbocycles. The molecule has 1 aromatic carbocycles. The molecule has 0 aliphatic rings. The average molecular weight is 225 g/mol. The lowest BCUT2D eigenvalue weighted by Gasteiger charge is -2.11. The third-order valence-electron chi connectivity index (χ3n) is 3.05. The third kappa shape index (κ3) is 1.72. The van der Waals surface area contributed by atoms with Crippen LogP contribution in [0.1, 0.15) is 28.1 Å². The van der Waals surface area contributed by atoms with E-state index in [0.717, 1.165) is 17.1 Å². The van der Waals surface area contributed by atoms with E-state index in [9.17, 15) is 0 Å². The van der Waals surface area contributed by atoms with Gasteiger partial charge in [-0.2, -0.15) is 10.4 Å². The van der Waals surface area contributed by atoms with E-state index in [1.54, 1.807) is 0 Å². The SMILES string of the molecule is Cc1cccc(C)c1-n1nc(C)c(C#N)c1C. The highest BCUT2D eigenvalue weighted by Gasteiger charge is 2.14. The number of aromatic nitrogens is 2. The topological polar surface area (TPSA) is 41.6 Å². The average Bonchev–Trinajstić information content (AvgIpc) is 2.54. The maximum absolute atomic E-state index is 9.09. The minimum Gasteiger partial charge on any atom is -0.236 e. The molecule has 0 fully saturated rings. The first-order chi connectivity index (χ1) is 8.06. The summed E-state index contributed by atoms with van der Waals surface area (Å²) in [6, 6.07) is 8.36. The second-order valence-electron chi connectivity index (χ2n) is 4.31. The lowest BCUT2D eigenvalue weighted by atomic mass is 10.1. The number of para-hydroxylation sites is 1. The number of aryl methyl sites for hydroxylation is 3. The quantitative estimate of drug-likeness (QED) is 0.748. The van der Waals surface area contributed by atoms with Gasteiger partial charge in [-0.25, -0.2) is 4.68 Å². The summed E-state index contributed by atoms with van der Waals surface area (Å²) in [5, 5.41) is 13.6. The largest absolute Gasteiger partial charge is 0.236 e. The number of hydrogen-bond acceptors (Lipinski definition) is 2. The number of hydrogen-bond donors (Lipinski definition) is 0. The highest BCUT2D eigenvalue weighted by molar-refractivity contribution is 5.50. The summed E-state index contributed by atoms with van der Waals surface area (Å²) >= 11 is 0. The maximum Gasteiger partial charge on any atom is 0.103 e. The molecule has 3 heteroatoms. The van der Waals surface area contributed by atoms with E-state index in [4.69, 9.17) is 5.26 Å². The van der Waals surface area contributed by atoms with Crippen molar-refractivity contribution in [3.8, 4) is 11.8 Å². The predicted octanol–water partition coefficient (Wildman–Crippen LogP) is 2.98. The van der Waals surface area contributed by atoms with E-state index in [1.807, 2.05) is 24.6 Å². The number of nitrogens with zero attached hydrogens (tertiary/aromatic N) is 3. The van der Waals surface area contributed by atoms with Crippen LogP contribution in [-0.4, -0.2) is 9.78 Å². The molecule has 0 aliphatic heterocycles. The van der Waals surface area contributed by atoms with Crippen LogP contribution in [0.25, 0.3) is 5.69 Å². The summed E-state index contributed by atoms with van der Waals surface area (Å²) in [4.78, 5) is 0. The van der Waals surface area contributed by atoms with Crippen LogP contribution in [0.5, 0.6) is 0 Å². The van der Waals surface area contributed by atoms with Crippen molar-refractivity contribution in [2.45, 2.75) is 27.7 Å². The van der Waals surface area contributed by atoms with Crippen LogP contribution in [0, 0.1) is 39.0 Å². The van der Waals surface area contributed by atoms with Gasteiger partial charge in [0, 0.05) is 0 Å². The summed E-state index contributed by atoms with van der Waals surface area (Å²) in [6.07, 6.45) is 0. The molecule has 0 bridgehead atoms. The lowest BCUT2D eigenvalue weighted by Crippen LogP contribution is -2.04. The van der Waals surface area contributed by atoms with Crippen molar-refractivity contribution in [1.82, 2.24) is 9.78 Å². The second kappa shape index (κ2) is 4.06. The standard InChI is InChI=1S/C14H15N3/c1-9-6-5-7-10(2)14(9)17-12(4)13(8-15)11(3)16-17/h5-7H,1-4H3. The van der Waals surface area contributed by atoms with E-state index in [1.165, 1.54) is 11.1 Å². The first-order valence-corrected chi connectivity index (χ1v) is 5.59. The maximum atomic E-state index is 9.09. The molecule has 0 unspecified atom stereocenters. The van der Waals surface area contributed by atoms with Crippen molar-refractivity contribution in [3.05, 3.63) is 46.3 Å². The van der Waals surface area contributed by atoms with Gasteiger partial charge in [0.05, 0.1) is 22.6 Å². The van der Waals surface area contributed by atoms with Crippen LogP contribution in [0.4, 0.5) is 0 Å². The minimum absolute atomic E-state index is 0.674. The fourth-order valence-corrected chi connectivity index (χ4v) is 2.16. The zero-order valence-corrected chi connectivity index (χ0v) is 10.6. The molecule has 2 rings (SSSR count). The Morgan fingerprint density at radius 3 is 2.18 bits per heavy atom. The summed E-state index contributed by atoms with van der Waals surface area (Å²) in [5.74, 6) is 0. The van der Waals surface area contributed by atoms with Crippen molar-refractivity contribution in [1.29, 1.82) is 5.26 Å². The Balaban J connectivity index is 2.75. The van der Waals surface area contributed by atoms with E-state index in [0.29, 0.717) is 5.56 Å². The molecular formula is C14H15N3. The molecular weight excluding hydrogens is 210 g/mol. The Labute approximate surface area is 101 Å². The van der Waals surface area contributed by atoms with Gasteiger partial charge in [-0.1, -0.05) is 18.2 Å². The Bertz CT molecular complexity index is 595. The first kappa shape index (κ1) is 11.4. The Morgan fingerprint density at radius 2 is 1.71 bits per heavy atom. The van der Waals surface area contributed by atoms with Crippen molar-refractivity contribution < 1.29 is 0 Å². The van der Waals surface area contributed by atoms with Gasteiger partial charge < -0.3 is 0 Å². The minimum atomic E-state index is 0.674. The number of nitriles is 1. The molecule has 2 aromatic rings. The Kier molecular flexibility index (Phi) is 2.72. The van der Waals surface area contributed by atoms with Gasteiger partial charge in [-0.3, -0.25) is 0 Å². The monoisotopic (exact) mass is 225 g/mol. The molecule has 0 spiro atoms. The second-order valence-corrected chi connectivity index (χ2v) is 4.31. The highest BCUT2D eigenvalue weighted by atomic mass is 15.3. The molecule has 0 N–H and O–H groups in total. The van der Waals surface area contributed by atoms with Crippen LogP contribution in [0.3, 0.4) is 0 Å². The summed E-state index contributed by atoms with van der Waals surface area (Å²) in [5.41, 5.74) is 5.78. The van der Waals surface area contributed by atoms with Gasteiger partial charge in [-0.05, 0) is 38.8 Å². The van der Waals surface area contributed by atoms with Crippen LogP contribution >= 0.6 is 0 Å². The molecule has 0 amide bonds. The predicted molar refractivity (Wildman–Crippen MR) is 67.2 cm³/mol. The molecule has 0 saturated heterocycles. The van der Waals surface area contributed by atoms with Crippen molar-refractivity contribution in [2.75, 3.05) is 0 Å². The van der Waals surface area contributed by atoms with Gasteiger partial charge in [-0.15, -0.1) is 0 Å². The fourth-order valence-electron chi connectivity index (χ4n) is 2.16. The molecule has 86 valence electrons.